The predicted molar refractivity (Wildman–Crippen MR) is 119 cm³/mol. The topological polar surface area (TPSA) is 101 Å². The van der Waals surface area contributed by atoms with Crippen LogP contribution in [-0.4, -0.2) is 34.5 Å². The number of nitro groups is 1. The van der Waals surface area contributed by atoms with Gasteiger partial charge in [-0.15, -0.1) is 0 Å². The molecular weight excluding hydrogens is 450 g/mol. The fourth-order valence-electron chi connectivity index (χ4n) is 3.35. The highest BCUT2D eigenvalue weighted by molar-refractivity contribution is 6.00. The van der Waals surface area contributed by atoms with Gasteiger partial charge in [0.05, 0.1) is 4.92 Å². The van der Waals surface area contributed by atoms with E-state index in [1.165, 1.54) is 42.5 Å². The van der Waals surface area contributed by atoms with Crippen molar-refractivity contribution < 1.29 is 32.8 Å². The molecule has 8 nitrogen and oxygen atoms in total. The summed E-state index contributed by atoms with van der Waals surface area (Å²) in [6, 6.07) is 13.2. The Labute approximate surface area is 193 Å². The van der Waals surface area contributed by atoms with Crippen molar-refractivity contribution in [3.05, 3.63) is 93.3 Å². The summed E-state index contributed by atoms with van der Waals surface area (Å²) in [5.41, 5.74) is 2.83. The summed E-state index contributed by atoms with van der Waals surface area (Å²) in [6.07, 6.45) is 2.55. The Balaban J connectivity index is 1.64. The molecule has 2 aromatic carbocycles. The number of aromatic nitrogens is 1. The standard InChI is InChI=1S/C24H20F2N2O6/c1-15-13-21(16(2)27(15)18-8-10-20(11-9-18)34-24(25)26)22(29)14-33-23(30)12-5-17-3-6-19(7-4-17)28(31)32/h3-13,24H,14H2,1-2H3. The maximum absolute atomic E-state index is 12.6. The number of benzene rings is 2. The molecule has 0 unspecified atom stereocenters. The quantitative estimate of drug-likeness (QED) is 0.143. The van der Waals surface area contributed by atoms with Crippen LogP contribution in [0.5, 0.6) is 5.75 Å². The molecule has 3 rings (SSSR count). The van der Waals surface area contributed by atoms with Crippen LogP contribution >= 0.6 is 0 Å². The molecule has 0 saturated carbocycles. The molecule has 1 aromatic heterocycles. The van der Waals surface area contributed by atoms with Crippen LogP contribution in [0.15, 0.2) is 60.7 Å². The number of halogens is 2. The first-order chi connectivity index (χ1) is 16.2. The Hall–Kier alpha value is -4.34. The summed E-state index contributed by atoms with van der Waals surface area (Å²) >= 11 is 0. The van der Waals surface area contributed by atoms with Crippen LogP contribution in [0, 0.1) is 24.0 Å². The van der Waals surface area contributed by atoms with Crippen LogP contribution in [0.3, 0.4) is 0 Å². The lowest BCUT2D eigenvalue weighted by Gasteiger charge is -2.11. The first-order valence-corrected chi connectivity index (χ1v) is 10.0. The largest absolute Gasteiger partial charge is 0.454 e. The average molecular weight is 470 g/mol. The third-order valence-electron chi connectivity index (χ3n) is 4.91. The molecule has 0 fully saturated rings. The van der Waals surface area contributed by atoms with Gasteiger partial charge in [0.15, 0.2) is 6.61 Å². The molecule has 0 bridgehead atoms. The highest BCUT2D eigenvalue weighted by Gasteiger charge is 2.18. The van der Waals surface area contributed by atoms with Gasteiger partial charge in [0.2, 0.25) is 5.78 Å². The summed E-state index contributed by atoms with van der Waals surface area (Å²) in [6.45, 7) is 0.109. The molecule has 1 heterocycles. The molecule has 0 aliphatic carbocycles. The Bertz CT molecular complexity index is 1230. The monoisotopic (exact) mass is 470 g/mol. The Kier molecular flexibility index (Phi) is 7.52. The highest BCUT2D eigenvalue weighted by atomic mass is 19.3. The van der Waals surface area contributed by atoms with E-state index >= 15 is 0 Å². The van der Waals surface area contributed by atoms with E-state index in [1.807, 2.05) is 0 Å². The number of nitrogens with zero attached hydrogens (tertiary/aromatic N) is 2. The third kappa shape index (κ3) is 5.91. The zero-order valence-electron chi connectivity index (χ0n) is 18.2. The average Bonchev–Trinajstić information content (AvgIpc) is 3.10. The van der Waals surface area contributed by atoms with Crippen LogP contribution < -0.4 is 4.74 Å². The van der Waals surface area contributed by atoms with E-state index in [-0.39, 0.29) is 11.4 Å². The van der Waals surface area contributed by atoms with E-state index in [0.29, 0.717) is 22.5 Å². The fraction of sp³-hybridized carbons (Fsp3) is 0.167. The lowest BCUT2D eigenvalue weighted by Crippen LogP contribution is -2.13. The van der Waals surface area contributed by atoms with E-state index in [2.05, 4.69) is 4.74 Å². The summed E-state index contributed by atoms with van der Waals surface area (Å²) in [5.74, 6) is -1.13. The molecule has 0 N–H and O–H groups in total. The summed E-state index contributed by atoms with van der Waals surface area (Å²) in [7, 11) is 0. The minimum atomic E-state index is -2.92. The van der Waals surface area contributed by atoms with E-state index in [1.54, 1.807) is 36.6 Å². The molecule has 0 atom stereocenters. The van der Waals surface area contributed by atoms with Crippen molar-refractivity contribution in [1.82, 2.24) is 4.57 Å². The van der Waals surface area contributed by atoms with Crippen LogP contribution in [0.25, 0.3) is 11.8 Å². The van der Waals surface area contributed by atoms with Crippen LogP contribution in [0.1, 0.15) is 27.3 Å². The van der Waals surface area contributed by atoms with E-state index in [4.69, 9.17) is 4.74 Å². The van der Waals surface area contributed by atoms with Crippen LogP contribution in [0.2, 0.25) is 0 Å². The second-order valence-corrected chi connectivity index (χ2v) is 7.21. The molecule has 34 heavy (non-hydrogen) atoms. The van der Waals surface area contributed by atoms with Gasteiger partial charge in [-0.2, -0.15) is 8.78 Å². The van der Waals surface area contributed by atoms with Gasteiger partial charge in [-0.25, -0.2) is 4.79 Å². The van der Waals surface area contributed by atoms with Gasteiger partial charge in [-0.3, -0.25) is 14.9 Å². The third-order valence-corrected chi connectivity index (χ3v) is 4.91. The zero-order chi connectivity index (χ0) is 24.8. The maximum atomic E-state index is 12.6. The number of hydrogen-bond acceptors (Lipinski definition) is 6. The number of ether oxygens (including phenoxy) is 2. The number of Topliss-reactive ketones (excluding diaryl/α,β-unsaturated/α-hetero) is 1. The molecular formula is C24H20F2N2O6. The summed E-state index contributed by atoms with van der Waals surface area (Å²) < 4.78 is 35.8. The molecule has 0 saturated heterocycles. The summed E-state index contributed by atoms with van der Waals surface area (Å²) in [5, 5.41) is 10.7. The maximum Gasteiger partial charge on any atom is 0.387 e. The first kappa shape index (κ1) is 24.3. The second-order valence-electron chi connectivity index (χ2n) is 7.21. The van der Waals surface area contributed by atoms with E-state index < -0.39 is 29.9 Å². The van der Waals surface area contributed by atoms with E-state index in [9.17, 15) is 28.5 Å². The molecule has 0 aliphatic heterocycles. The molecule has 176 valence electrons. The van der Waals surface area contributed by atoms with Gasteiger partial charge < -0.3 is 14.0 Å². The highest BCUT2D eigenvalue weighted by Crippen LogP contribution is 2.24. The van der Waals surface area contributed by atoms with E-state index in [0.717, 1.165) is 11.8 Å². The van der Waals surface area contributed by atoms with Crippen molar-refractivity contribution in [1.29, 1.82) is 0 Å². The summed E-state index contributed by atoms with van der Waals surface area (Å²) in [4.78, 5) is 34.8. The number of hydrogen-bond donors (Lipinski definition) is 0. The van der Waals surface area contributed by atoms with Crippen LogP contribution in [-0.2, 0) is 9.53 Å². The van der Waals surface area contributed by atoms with Gasteiger partial charge in [-0.05, 0) is 68.0 Å². The van der Waals surface area contributed by atoms with Crippen molar-refractivity contribution in [3.8, 4) is 11.4 Å². The van der Waals surface area contributed by atoms with Gasteiger partial charge in [-0.1, -0.05) is 0 Å². The SMILES string of the molecule is Cc1cc(C(=O)COC(=O)C=Cc2ccc([N+](=O)[O-])cc2)c(C)n1-c1ccc(OC(F)F)cc1. The number of alkyl halides is 2. The van der Waals surface area contributed by atoms with Crippen molar-refractivity contribution in [2.45, 2.75) is 20.5 Å². The zero-order valence-corrected chi connectivity index (χ0v) is 18.2. The minimum absolute atomic E-state index is 0.0196. The Morgan fingerprint density at radius 1 is 1.09 bits per heavy atom. The van der Waals surface area contributed by atoms with Gasteiger partial charge in [0, 0.05) is 40.8 Å². The first-order valence-electron chi connectivity index (χ1n) is 10.0. The number of non-ortho nitro benzene ring substituents is 1. The van der Waals surface area contributed by atoms with Crippen LogP contribution in [0.4, 0.5) is 14.5 Å². The minimum Gasteiger partial charge on any atom is -0.454 e. The van der Waals surface area contributed by atoms with Crippen molar-refractivity contribution >= 4 is 23.5 Å². The Morgan fingerprint density at radius 2 is 1.74 bits per heavy atom. The number of rotatable bonds is 9. The molecule has 0 amide bonds. The predicted octanol–water partition coefficient (Wildman–Crippen LogP) is 5.04. The molecule has 3 aromatic rings. The van der Waals surface area contributed by atoms with Crippen molar-refractivity contribution in [2.24, 2.45) is 0 Å². The molecule has 0 radical (unpaired) electrons. The van der Waals surface area contributed by atoms with Crippen molar-refractivity contribution in [2.75, 3.05) is 6.61 Å². The number of aryl methyl sites for hydroxylation is 1. The number of ketones is 1. The fourth-order valence-corrected chi connectivity index (χ4v) is 3.35. The van der Waals surface area contributed by atoms with Gasteiger partial charge in [0.1, 0.15) is 5.75 Å². The molecule has 10 heteroatoms. The second kappa shape index (κ2) is 10.5. The smallest absolute Gasteiger partial charge is 0.387 e. The number of carbonyl (C=O) groups is 2. The normalized spacial score (nSPS) is 11.1. The number of carbonyl (C=O) groups excluding carboxylic acids is 2. The van der Waals surface area contributed by atoms with Gasteiger partial charge in [0.25, 0.3) is 5.69 Å². The number of nitro benzene ring substituents is 1. The lowest BCUT2D eigenvalue weighted by atomic mass is 10.1. The molecule has 0 spiro atoms. The lowest BCUT2D eigenvalue weighted by molar-refractivity contribution is -0.384. The van der Waals surface area contributed by atoms with Crippen molar-refractivity contribution in [3.63, 3.8) is 0 Å². The van der Waals surface area contributed by atoms with Gasteiger partial charge >= 0.3 is 12.6 Å². The number of esters is 1. The molecule has 0 aliphatic rings. The Morgan fingerprint density at radius 3 is 2.32 bits per heavy atom.